The molecule has 1 saturated heterocycles. The minimum atomic E-state index is -0.540. The third kappa shape index (κ3) is 5.90. The monoisotopic (exact) mass is 345 g/mol. The number of amides is 1. The summed E-state index contributed by atoms with van der Waals surface area (Å²) >= 11 is 0. The Kier molecular flexibility index (Phi) is 5.96. The van der Waals surface area contributed by atoms with Crippen LogP contribution in [0.15, 0.2) is 36.9 Å². The van der Waals surface area contributed by atoms with Crippen molar-refractivity contribution >= 4 is 18.7 Å². The highest BCUT2D eigenvalue weighted by Gasteiger charge is 2.38. The van der Waals surface area contributed by atoms with Crippen LogP contribution in [0, 0.1) is 0 Å². The van der Waals surface area contributed by atoms with Crippen molar-refractivity contribution < 1.29 is 18.8 Å². The quantitative estimate of drug-likeness (QED) is 0.657. The van der Waals surface area contributed by atoms with Crippen molar-refractivity contribution in [3.05, 3.63) is 42.5 Å². The van der Waals surface area contributed by atoms with Crippen LogP contribution < -0.4 is 10.8 Å². The molecule has 0 spiro atoms. The lowest BCUT2D eigenvalue weighted by molar-refractivity contribution is 0.0504. The Morgan fingerprint density at radius 2 is 2.20 bits per heavy atom. The Labute approximate surface area is 150 Å². The van der Waals surface area contributed by atoms with Crippen molar-refractivity contribution in [1.82, 2.24) is 5.32 Å². The van der Waals surface area contributed by atoms with Gasteiger partial charge in [0.25, 0.3) is 0 Å². The number of rotatable bonds is 5. The van der Waals surface area contributed by atoms with Crippen molar-refractivity contribution in [1.29, 1.82) is 0 Å². The van der Waals surface area contributed by atoms with Crippen LogP contribution in [0.5, 0.6) is 0 Å². The van der Waals surface area contributed by atoms with Gasteiger partial charge in [-0.2, -0.15) is 0 Å². The largest absolute Gasteiger partial charge is 0.494 e. The third-order valence-electron chi connectivity index (χ3n) is 3.69. The standard InChI is InChI=1S/C19H28BNO4/c1-7-9-16(21-17(22)24-18(2,3)4)14-10-8-11-15(12-14)20-23-13-19(5,6)25-20/h7-8,10-12,16H,1,9,13H2,2-6H3,(H,21,22). The lowest BCUT2D eigenvalue weighted by atomic mass is 9.78. The van der Waals surface area contributed by atoms with E-state index in [0.29, 0.717) is 13.0 Å². The molecular weight excluding hydrogens is 317 g/mol. The minimum Gasteiger partial charge on any atom is -0.444 e. The van der Waals surface area contributed by atoms with Gasteiger partial charge in [0.05, 0.1) is 18.2 Å². The van der Waals surface area contributed by atoms with E-state index in [1.165, 1.54) is 0 Å². The molecular formula is C19H28BNO4. The zero-order valence-electron chi connectivity index (χ0n) is 15.8. The summed E-state index contributed by atoms with van der Waals surface area (Å²) in [6.07, 6.45) is 1.93. The summed E-state index contributed by atoms with van der Waals surface area (Å²) in [5, 5.41) is 2.91. The van der Waals surface area contributed by atoms with Crippen LogP contribution in [-0.2, 0) is 14.0 Å². The Bertz CT molecular complexity index is 624. The molecule has 1 amide bonds. The number of alkyl carbamates (subject to hydrolysis) is 1. The summed E-state index contributed by atoms with van der Waals surface area (Å²) in [5.74, 6) is 0. The second-order valence-corrected chi connectivity index (χ2v) is 7.91. The van der Waals surface area contributed by atoms with E-state index in [-0.39, 0.29) is 18.8 Å². The summed E-state index contributed by atoms with van der Waals surface area (Å²) in [6.45, 7) is 13.9. The average Bonchev–Trinajstić information content (AvgIpc) is 2.85. The molecule has 1 aromatic rings. The first-order valence-corrected chi connectivity index (χ1v) is 8.59. The molecule has 0 bridgehead atoms. The van der Waals surface area contributed by atoms with Crippen LogP contribution in [0.3, 0.4) is 0 Å². The molecule has 0 aliphatic carbocycles. The van der Waals surface area contributed by atoms with Gasteiger partial charge in [0.15, 0.2) is 0 Å². The number of carbonyl (C=O) groups excluding carboxylic acids is 1. The van der Waals surface area contributed by atoms with E-state index in [4.69, 9.17) is 14.0 Å². The molecule has 2 rings (SSSR count). The van der Waals surface area contributed by atoms with Crippen molar-refractivity contribution in [2.45, 2.75) is 58.3 Å². The number of carbonyl (C=O) groups is 1. The first kappa shape index (κ1) is 19.5. The Hall–Kier alpha value is -1.79. The van der Waals surface area contributed by atoms with Gasteiger partial charge in [0.1, 0.15) is 5.60 Å². The fraction of sp³-hybridized carbons (Fsp3) is 0.526. The van der Waals surface area contributed by atoms with Crippen LogP contribution in [0.25, 0.3) is 0 Å². The normalized spacial score (nSPS) is 17.9. The highest BCUT2D eigenvalue weighted by atomic mass is 16.7. The predicted octanol–water partition coefficient (Wildman–Crippen LogP) is 3.35. The van der Waals surface area contributed by atoms with E-state index in [0.717, 1.165) is 11.0 Å². The first-order valence-electron chi connectivity index (χ1n) is 8.59. The Morgan fingerprint density at radius 1 is 1.48 bits per heavy atom. The maximum Gasteiger partial charge on any atom is 0.494 e. The summed E-state index contributed by atoms with van der Waals surface area (Å²) in [6, 6.07) is 7.65. The molecule has 0 saturated carbocycles. The van der Waals surface area contributed by atoms with Crippen molar-refractivity contribution in [2.24, 2.45) is 0 Å². The van der Waals surface area contributed by atoms with Gasteiger partial charge in [-0.15, -0.1) is 6.58 Å². The second-order valence-electron chi connectivity index (χ2n) is 7.91. The van der Waals surface area contributed by atoms with E-state index >= 15 is 0 Å². The third-order valence-corrected chi connectivity index (χ3v) is 3.69. The van der Waals surface area contributed by atoms with Crippen molar-refractivity contribution in [3.8, 4) is 0 Å². The van der Waals surface area contributed by atoms with E-state index in [1.807, 2.05) is 58.9 Å². The molecule has 1 aliphatic rings. The highest BCUT2D eigenvalue weighted by Crippen LogP contribution is 2.22. The number of hydrogen-bond acceptors (Lipinski definition) is 4. The smallest absolute Gasteiger partial charge is 0.444 e. The lowest BCUT2D eigenvalue weighted by Crippen LogP contribution is -2.37. The summed E-state index contributed by atoms with van der Waals surface area (Å²) in [4.78, 5) is 12.1. The minimum absolute atomic E-state index is 0.221. The van der Waals surface area contributed by atoms with Gasteiger partial charge in [-0.3, -0.25) is 0 Å². The zero-order chi connectivity index (χ0) is 18.7. The van der Waals surface area contributed by atoms with Crippen molar-refractivity contribution in [2.75, 3.05) is 6.61 Å². The summed E-state index contributed by atoms with van der Waals surface area (Å²) in [7, 11) is -0.388. The fourth-order valence-electron chi connectivity index (χ4n) is 2.62. The SMILES string of the molecule is C=CCC(NC(=O)OC(C)(C)C)c1cccc(B2OCC(C)(C)O2)c1. The molecule has 0 radical (unpaired) electrons. The van der Waals surface area contributed by atoms with E-state index in [1.54, 1.807) is 6.08 Å². The topological polar surface area (TPSA) is 56.8 Å². The Balaban J connectivity index is 2.14. The van der Waals surface area contributed by atoms with Crippen LogP contribution >= 0.6 is 0 Å². The van der Waals surface area contributed by atoms with Crippen LogP contribution in [0.1, 0.15) is 52.6 Å². The highest BCUT2D eigenvalue weighted by molar-refractivity contribution is 6.61. The van der Waals surface area contributed by atoms with Crippen molar-refractivity contribution in [3.63, 3.8) is 0 Å². The maximum absolute atomic E-state index is 12.1. The fourth-order valence-corrected chi connectivity index (χ4v) is 2.62. The molecule has 1 aromatic carbocycles. The van der Waals surface area contributed by atoms with Crippen LogP contribution in [0.4, 0.5) is 4.79 Å². The van der Waals surface area contributed by atoms with Gasteiger partial charge in [0, 0.05) is 0 Å². The maximum atomic E-state index is 12.1. The molecule has 1 fully saturated rings. The summed E-state index contributed by atoms with van der Waals surface area (Å²) < 4.78 is 17.0. The molecule has 136 valence electrons. The number of ether oxygens (including phenoxy) is 1. The molecule has 25 heavy (non-hydrogen) atoms. The van der Waals surface area contributed by atoms with Gasteiger partial charge >= 0.3 is 13.2 Å². The molecule has 1 heterocycles. The van der Waals surface area contributed by atoms with Crippen LogP contribution in [-0.4, -0.2) is 31.0 Å². The van der Waals surface area contributed by atoms with E-state index in [9.17, 15) is 4.79 Å². The van der Waals surface area contributed by atoms with Gasteiger partial charge in [0.2, 0.25) is 0 Å². The molecule has 1 aliphatic heterocycles. The predicted molar refractivity (Wildman–Crippen MR) is 99.9 cm³/mol. The molecule has 1 unspecified atom stereocenters. The molecule has 1 N–H and O–H groups in total. The molecule has 1 atom stereocenters. The number of hydrogen-bond donors (Lipinski definition) is 1. The lowest BCUT2D eigenvalue weighted by Gasteiger charge is -2.24. The Morgan fingerprint density at radius 3 is 2.76 bits per heavy atom. The zero-order valence-corrected chi connectivity index (χ0v) is 15.8. The van der Waals surface area contributed by atoms with Gasteiger partial charge < -0.3 is 19.4 Å². The average molecular weight is 345 g/mol. The number of nitrogens with one attached hydrogen (secondary N) is 1. The van der Waals surface area contributed by atoms with Gasteiger partial charge in [-0.05, 0) is 52.1 Å². The van der Waals surface area contributed by atoms with E-state index in [2.05, 4.69) is 11.9 Å². The molecule has 6 heteroatoms. The van der Waals surface area contributed by atoms with Gasteiger partial charge in [-0.1, -0.05) is 30.3 Å². The second kappa shape index (κ2) is 7.62. The number of benzene rings is 1. The van der Waals surface area contributed by atoms with Gasteiger partial charge in [-0.25, -0.2) is 4.79 Å². The van der Waals surface area contributed by atoms with E-state index < -0.39 is 11.7 Å². The first-order chi connectivity index (χ1) is 11.6. The summed E-state index contributed by atoms with van der Waals surface area (Å²) in [5.41, 5.74) is 1.06. The van der Waals surface area contributed by atoms with Crippen LogP contribution in [0.2, 0.25) is 0 Å². The molecule has 0 aromatic heterocycles. The molecule has 5 nitrogen and oxygen atoms in total.